The number of carboxylic acid groups (broad SMARTS) is 1. The molecule has 0 aliphatic heterocycles. The van der Waals surface area contributed by atoms with Crippen molar-refractivity contribution in [2.75, 3.05) is 6.61 Å². The van der Waals surface area contributed by atoms with Gasteiger partial charge in [-0.05, 0) is 43.0 Å². The minimum absolute atomic E-state index is 0.0101. The Morgan fingerprint density at radius 2 is 1.71 bits per heavy atom. The summed E-state index contributed by atoms with van der Waals surface area (Å²) in [6, 6.07) is 15.2. The van der Waals surface area contributed by atoms with Gasteiger partial charge < -0.3 is 9.84 Å². The van der Waals surface area contributed by atoms with Crippen molar-refractivity contribution in [3.05, 3.63) is 59.7 Å². The number of hydrogen-bond acceptors (Lipinski definition) is 3. The van der Waals surface area contributed by atoms with Crippen LogP contribution in [0.3, 0.4) is 0 Å². The molecular formula is C20H22O4. The Bertz CT molecular complexity index is 730. The highest BCUT2D eigenvalue weighted by Crippen LogP contribution is 2.29. The predicted molar refractivity (Wildman–Crippen MR) is 92.9 cm³/mol. The summed E-state index contributed by atoms with van der Waals surface area (Å²) in [7, 11) is 0. The van der Waals surface area contributed by atoms with Crippen molar-refractivity contribution in [2.45, 2.75) is 32.6 Å². The molecule has 0 atom stereocenters. The summed E-state index contributed by atoms with van der Waals surface area (Å²) in [5.41, 5.74) is 2.87. The lowest BCUT2D eigenvalue weighted by atomic mass is 9.83. The maximum absolute atomic E-state index is 12.2. The molecule has 0 aliphatic carbocycles. The molecule has 2 aromatic rings. The van der Waals surface area contributed by atoms with Gasteiger partial charge in [-0.2, -0.15) is 0 Å². The van der Waals surface area contributed by atoms with Gasteiger partial charge in [0.2, 0.25) is 0 Å². The number of carboxylic acids is 1. The Kier molecular flexibility index (Phi) is 5.39. The van der Waals surface area contributed by atoms with E-state index in [-0.39, 0.29) is 12.4 Å². The van der Waals surface area contributed by atoms with Crippen LogP contribution in [0.15, 0.2) is 48.5 Å². The third-order valence-corrected chi connectivity index (χ3v) is 4.01. The summed E-state index contributed by atoms with van der Waals surface area (Å²) in [6.45, 7) is 5.84. The fraction of sp³-hybridized carbons (Fsp3) is 0.300. The van der Waals surface area contributed by atoms with Gasteiger partial charge in [-0.3, -0.25) is 9.59 Å². The Labute approximate surface area is 142 Å². The summed E-state index contributed by atoms with van der Waals surface area (Å²) in [5, 5.41) is 8.83. The average Bonchev–Trinajstić information content (AvgIpc) is 2.55. The second kappa shape index (κ2) is 7.30. The summed E-state index contributed by atoms with van der Waals surface area (Å²) in [5.74, 6) is -1.10. The zero-order valence-corrected chi connectivity index (χ0v) is 14.2. The first-order valence-corrected chi connectivity index (χ1v) is 7.93. The van der Waals surface area contributed by atoms with Gasteiger partial charge in [0.1, 0.15) is 0 Å². The van der Waals surface area contributed by atoms with E-state index in [0.717, 1.165) is 22.3 Å². The van der Waals surface area contributed by atoms with E-state index >= 15 is 0 Å². The second-order valence-electron chi connectivity index (χ2n) is 6.19. The molecular weight excluding hydrogens is 304 g/mol. The fourth-order valence-corrected chi connectivity index (χ4v) is 2.51. The normalized spacial score (nSPS) is 11.1. The number of ether oxygens (including phenoxy) is 1. The van der Waals surface area contributed by atoms with E-state index < -0.39 is 11.4 Å². The summed E-state index contributed by atoms with van der Waals surface area (Å²) >= 11 is 0. The predicted octanol–water partition coefficient (Wildman–Crippen LogP) is 3.82. The third kappa shape index (κ3) is 4.02. The van der Waals surface area contributed by atoms with E-state index in [1.165, 1.54) is 0 Å². The van der Waals surface area contributed by atoms with Crippen LogP contribution in [0, 0.1) is 0 Å². The van der Waals surface area contributed by atoms with E-state index in [4.69, 9.17) is 9.84 Å². The van der Waals surface area contributed by atoms with Crippen LogP contribution in [0.4, 0.5) is 0 Å². The molecule has 0 saturated carbocycles. The topological polar surface area (TPSA) is 63.6 Å². The van der Waals surface area contributed by atoms with E-state index in [0.29, 0.717) is 6.61 Å². The molecule has 1 N–H and O–H groups in total. The minimum Gasteiger partial charge on any atom is -0.481 e. The monoisotopic (exact) mass is 326 g/mol. The van der Waals surface area contributed by atoms with E-state index in [9.17, 15) is 9.59 Å². The highest BCUT2D eigenvalue weighted by molar-refractivity contribution is 5.83. The first kappa shape index (κ1) is 17.7. The molecule has 0 amide bonds. The molecule has 0 heterocycles. The maximum Gasteiger partial charge on any atom is 0.315 e. The molecule has 0 unspecified atom stereocenters. The molecule has 4 nitrogen and oxygen atoms in total. The van der Waals surface area contributed by atoms with Gasteiger partial charge >= 0.3 is 11.9 Å². The Morgan fingerprint density at radius 1 is 1.04 bits per heavy atom. The number of esters is 1. The number of aliphatic carboxylic acids is 1. The van der Waals surface area contributed by atoms with Crippen molar-refractivity contribution in [1.29, 1.82) is 0 Å². The number of carbonyl (C=O) groups excluding carboxylic acids is 1. The maximum atomic E-state index is 12.2. The van der Waals surface area contributed by atoms with Crippen molar-refractivity contribution in [2.24, 2.45) is 0 Å². The molecule has 2 rings (SSSR count). The Morgan fingerprint density at radius 3 is 2.29 bits per heavy atom. The fourth-order valence-electron chi connectivity index (χ4n) is 2.51. The van der Waals surface area contributed by atoms with Gasteiger partial charge in [-0.1, -0.05) is 48.5 Å². The molecule has 0 aromatic heterocycles. The van der Waals surface area contributed by atoms with Gasteiger partial charge in [-0.15, -0.1) is 0 Å². The number of benzene rings is 2. The van der Waals surface area contributed by atoms with Gasteiger partial charge in [-0.25, -0.2) is 0 Å². The lowest BCUT2D eigenvalue weighted by molar-refractivity contribution is -0.148. The molecule has 0 bridgehead atoms. The van der Waals surface area contributed by atoms with Crippen molar-refractivity contribution in [3.63, 3.8) is 0 Å². The molecule has 0 spiro atoms. The molecule has 126 valence electrons. The average molecular weight is 326 g/mol. The van der Waals surface area contributed by atoms with E-state index in [1.807, 2.05) is 62.4 Å². The molecule has 4 heteroatoms. The molecule has 2 aromatic carbocycles. The van der Waals surface area contributed by atoms with Gasteiger partial charge in [0.15, 0.2) is 0 Å². The van der Waals surface area contributed by atoms with Crippen LogP contribution in [-0.2, 0) is 26.2 Å². The van der Waals surface area contributed by atoms with Crippen LogP contribution >= 0.6 is 0 Å². The standard InChI is InChI=1S/C20H22O4/c1-4-24-19(23)20(2,3)17-7-5-6-16(13-17)15-10-8-14(9-11-15)12-18(21)22/h5-11,13H,4,12H2,1-3H3,(H,21,22). The van der Waals surface area contributed by atoms with Crippen LogP contribution in [0.2, 0.25) is 0 Å². The summed E-state index contributed by atoms with van der Waals surface area (Å²) < 4.78 is 5.16. The number of carbonyl (C=O) groups is 2. The third-order valence-electron chi connectivity index (χ3n) is 4.01. The Balaban J connectivity index is 2.30. The van der Waals surface area contributed by atoms with Gasteiger partial charge in [0, 0.05) is 0 Å². The van der Waals surface area contributed by atoms with Crippen LogP contribution in [0.25, 0.3) is 11.1 Å². The first-order chi connectivity index (χ1) is 11.3. The lowest BCUT2D eigenvalue weighted by Crippen LogP contribution is -2.31. The molecule has 0 aliphatic rings. The zero-order chi connectivity index (χ0) is 17.7. The zero-order valence-electron chi connectivity index (χ0n) is 14.2. The van der Waals surface area contributed by atoms with Crippen molar-refractivity contribution in [3.8, 4) is 11.1 Å². The molecule has 24 heavy (non-hydrogen) atoms. The Hall–Kier alpha value is -2.62. The summed E-state index contributed by atoms with van der Waals surface area (Å²) in [6.07, 6.45) is 0.0101. The van der Waals surface area contributed by atoms with Gasteiger partial charge in [0.25, 0.3) is 0 Å². The van der Waals surface area contributed by atoms with Crippen LogP contribution < -0.4 is 0 Å². The van der Waals surface area contributed by atoms with Crippen LogP contribution in [0.1, 0.15) is 31.9 Å². The number of rotatable bonds is 6. The van der Waals surface area contributed by atoms with Crippen LogP contribution in [-0.4, -0.2) is 23.7 Å². The van der Waals surface area contributed by atoms with Crippen molar-refractivity contribution < 1.29 is 19.4 Å². The molecule has 0 radical (unpaired) electrons. The second-order valence-corrected chi connectivity index (χ2v) is 6.19. The van der Waals surface area contributed by atoms with E-state index in [2.05, 4.69) is 0 Å². The number of hydrogen-bond donors (Lipinski definition) is 1. The van der Waals surface area contributed by atoms with Crippen LogP contribution in [0.5, 0.6) is 0 Å². The minimum atomic E-state index is -0.846. The van der Waals surface area contributed by atoms with Crippen molar-refractivity contribution in [1.82, 2.24) is 0 Å². The smallest absolute Gasteiger partial charge is 0.315 e. The molecule has 0 saturated heterocycles. The quantitative estimate of drug-likeness (QED) is 0.820. The van der Waals surface area contributed by atoms with Crippen molar-refractivity contribution >= 4 is 11.9 Å². The summed E-state index contributed by atoms with van der Waals surface area (Å²) in [4.78, 5) is 22.9. The molecule has 0 fully saturated rings. The highest BCUT2D eigenvalue weighted by Gasteiger charge is 2.31. The lowest BCUT2D eigenvalue weighted by Gasteiger charge is -2.23. The SMILES string of the molecule is CCOC(=O)C(C)(C)c1cccc(-c2ccc(CC(=O)O)cc2)c1. The van der Waals surface area contributed by atoms with Gasteiger partial charge in [0.05, 0.1) is 18.4 Å². The van der Waals surface area contributed by atoms with E-state index in [1.54, 1.807) is 6.92 Å². The first-order valence-electron chi connectivity index (χ1n) is 7.93. The largest absolute Gasteiger partial charge is 0.481 e. The highest BCUT2D eigenvalue weighted by atomic mass is 16.5.